The van der Waals surface area contributed by atoms with E-state index >= 15 is 0 Å². The summed E-state index contributed by atoms with van der Waals surface area (Å²) in [6.45, 7) is 2.81. The lowest BCUT2D eigenvalue weighted by Crippen LogP contribution is -2.28. The number of carbonyl (C=O) groups is 1. The van der Waals surface area contributed by atoms with Crippen LogP contribution >= 0.6 is 15.9 Å². The maximum atomic E-state index is 11.7. The van der Waals surface area contributed by atoms with Gasteiger partial charge in [-0.1, -0.05) is 22.9 Å². The summed E-state index contributed by atoms with van der Waals surface area (Å²) in [4.78, 5) is 13.8. The van der Waals surface area contributed by atoms with E-state index < -0.39 is 0 Å². The Morgan fingerprint density at radius 1 is 1.71 bits per heavy atom. The summed E-state index contributed by atoms with van der Waals surface area (Å²) in [6.07, 6.45) is 3.92. The van der Waals surface area contributed by atoms with E-state index in [4.69, 9.17) is 4.42 Å². The lowest BCUT2D eigenvalue weighted by molar-refractivity contribution is 0.0793. The third kappa shape index (κ3) is 3.18. The average molecular weight is 260 g/mol. The lowest BCUT2D eigenvalue weighted by Gasteiger charge is -2.16. The van der Waals surface area contributed by atoms with Crippen molar-refractivity contribution in [1.82, 2.24) is 4.90 Å². The highest BCUT2D eigenvalue weighted by atomic mass is 79.9. The molecule has 14 heavy (non-hydrogen) atoms. The summed E-state index contributed by atoms with van der Waals surface area (Å²) in [5, 5.41) is 0. The van der Waals surface area contributed by atoms with Gasteiger partial charge in [0.1, 0.15) is 6.26 Å². The van der Waals surface area contributed by atoms with Crippen molar-refractivity contribution in [2.75, 3.05) is 13.6 Å². The quantitative estimate of drug-likeness (QED) is 0.779. The molecule has 0 saturated carbocycles. The molecule has 0 aliphatic rings. The Morgan fingerprint density at radius 3 is 2.93 bits per heavy atom. The van der Waals surface area contributed by atoms with Crippen LogP contribution < -0.4 is 0 Å². The molecular formula is C10H14BrNO2. The number of halogens is 1. The fraction of sp³-hybridized carbons (Fsp3) is 0.500. The minimum atomic E-state index is 0.00639. The summed E-state index contributed by atoms with van der Waals surface area (Å²) in [6, 6.07) is 1.68. The second-order valence-electron chi connectivity index (χ2n) is 3.31. The van der Waals surface area contributed by atoms with Gasteiger partial charge >= 0.3 is 0 Å². The van der Waals surface area contributed by atoms with Crippen LogP contribution in [0.25, 0.3) is 0 Å². The summed E-state index contributed by atoms with van der Waals surface area (Å²) in [5.41, 5.74) is 0.606. The molecule has 1 aromatic rings. The molecule has 3 nitrogen and oxygen atoms in total. The van der Waals surface area contributed by atoms with Crippen molar-refractivity contribution < 1.29 is 9.21 Å². The van der Waals surface area contributed by atoms with Crippen molar-refractivity contribution in [2.24, 2.45) is 0 Å². The Balaban J connectivity index is 2.45. The van der Waals surface area contributed by atoms with Gasteiger partial charge in [-0.05, 0) is 12.5 Å². The predicted molar refractivity (Wildman–Crippen MR) is 58.7 cm³/mol. The van der Waals surface area contributed by atoms with Gasteiger partial charge in [0.15, 0.2) is 0 Å². The molecule has 1 amide bonds. The van der Waals surface area contributed by atoms with Gasteiger partial charge in [-0.2, -0.15) is 0 Å². The number of nitrogens with zero attached hydrogens (tertiary/aromatic N) is 1. The van der Waals surface area contributed by atoms with Crippen molar-refractivity contribution in [3.63, 3.8) is 0 Å². The first-order valence-electron chi connectivity index (χ1n) is 4.53. The molecule has 0 N–H and O–H groups in total. The Bertz CT molecular complexity index is 282. The van der Waals surface area contributed by atoms with Gasteiger partial charge in [0.05, 0.1) is 11.8 Å². The van der Waals surface area contributed by atoms with Gasteiger partial charge in [-0.3, -0.25) is 4.79 Å². The van der Waals surface area contributed by atoms with E-state index in [2.05, 4.69) is 22.9 Å². The molecule has 0 saturated heterocycles. The molecular weight excluding hydrogens is 246 g/mol. The zero-order valence-electron chi connectivity index (χ0n) is 8.37. The normalized spacial score (nSPS) is 12.5. The number of alkyl halides is 1. The molecule has 78 valence electrons. The van der Waals surface area contributed by atoms with Crippen LogP contribution in [0.2, 0.25) is 0 Å². The molecule has 1 aromatic heterocycles. The Hall–Kier alpha value is -0.770. The molecule has 4 heteroatoms. The van der Waals surface area contributed by atoms with Gasteiger partial charge in [0, 0.05) is 18.4 Å². The minimum absolute atomic E-state index is 0.00639. The van der Waals surface area contributed by atoms with Crippen LogP contribution in [0.1, 0.15) is 23.7 Å². The Kier molecular flexibility index (Phi) is 4.20. The highest BCUT2D eigenvalue weighted by Crippen LogP contribution is 2.07. The highest BCUT2D eigenvalue weighted by molar-refractivity contribution is 9.09. The summed E-state index contributed by atoms with van der Waals surface area (Å²) >= 11 is 3.44. The van der Waals surface area contributed by atoms with Gasteiger partial charge in [-0.15, -0.1) is 0 Å². The molecule has 1 atom stereocenters. The van der Waals surface area contributed by atoms with E-state index in [-0.39, 0.29) is 5.91 Å². The molecule has 0 radical (unpaired) electrons. The second kappa shape index (κ2) is 5.20. The first kappa shape index (κ1) is 11.3. The number of carbonyl (C=O) groups excluding carboxylic acids is 1. The smallest absolute Gasteiger partial charge is 0.256 e. The van der Waals surface area contributed by atoms with Crippen molar-refractivity contribution >= 4 is 21.8 Å². The minimum Gasteiger partial charge on any atom is -0.472 e. The van der Waals surface area contributed by atoms with Gasteiger partial charge in [0.2, 0.25) is 0 Å². The lowest BCUT2D eigenvalue weighted by atomic mass is 10.2. The number of hydrogen-bond acceptors (Lipinski definition) is 2. The second-order valence-corrected chi connectivity index (χ2v) is 4.87. The largest absolute Gasteiger partial charge is 0.472 e. The van der Waals surface area contributed by atoms with Crippen molar-refractivity contribution in [2.45, 2.75) is 18.2 Å². The highest BCUT2D eigenvalue weighted by Gasteiger charge is 2.12. The van der Waals surface area contributed by atoms with Gasteiger partial charge in [-0.25, -0.2) is 0 Å². The van der Waals surface area contributed by atoms with Crippen LogP contribution in [0.3, 0.4) is 0 Å². The van der Waals surface area contributed by atoms with E-state index in [9.17, 15) is 4.79 Å². The molecule has 0 aliphatic carbocycles. The number of hydrogen-bond donors (Lipinski definition) is 0. The zero-order valence-corrected chi connectivity index (χ0v) is 9.95. The van der Waals surface area contributed by atoms with Crippen molar-refractivity contribution in [1.29, 1.82) is 0 Å². The molecule has 1 rings (SSSR count). The molecule has 0 aromatic carbocycles. The van der Waals surface area contributed by atoms with Gasteiger partial charge < -0.3 is 9.32 Å². The van der Waals surface area contributed by atoms with Crippen LogP contribution in [0.15, 0.2) is 23.0 Å². The van der Waals surface area contributed by atoms with Crippen LogP contribution in [0.5, 0.6) is 0 Å². The summed E-state index contributed by atoms with van der Waals surface area (Å²) < 4.78 is 4.85. The molecule has 1 unspecified atom stereocenters. The fourth-order valence-electron chi connectivity index (χ4n) is 1.08. The molecule has 1 heterocycles. The van der Waals surface area contributed by atoms with E-state index in [1.165, 1.54) is 12.5 Å². The van der Waals surface area contributed by atoms with E-state index in [0.717, 1.165) is 13.0 Å². The van der Waals surface area contributed by atoms with Crippen LogP contribution in [0, 0.1) is 0 Å². The standard InChI is InChI=1S/C10H14BrNO2/c1-8(11)3-5-12(2)10(13)9-4-6-14-7-9/h4,6-8H,3,5H2,1-2H3. The first-order valence-corrected chi connectivity index (χ1v) is 5.44. The van der Waals surface area contributed by atoms with Crippen LogP contribution in [-0.4, -0.2) is 29.2 Å². The third-order valence-electron chi connectivity index (χ3n) is 1.98. The fourth-order valence-corrected chi connectivity index (χ4v) is 1.28. The zero-order chi connectivity index (χ0) is 10.6. The maximum Gasteiger partial charge on any atom is 0.256 e. The molecule has 0 aliphatic heterocycles. The Labute approximate surface area is 92.2 Å². The van der Waals surface area contributed by atoms with Crippen molar-refractivity contribution in [3.05, 3.63) is 24.2 Å². The number of amides is 1. The topological polar surface area (TPSA) is 33.5 Å². The van der Waals surface area contributed by atoms with E-state index in [1.54, 1.807) is 18.0 Å². The number of rotatable bonds is 4. The van der Waals surface area contributed by atoms with E-state index in [1.807, 2.05) is 0 Å². The van der Waals surface area contributed by atoms with Crippen LogP contribution in [-0.2, 0) is 0 Å². The number of furan rings is 1. The molecule has 0 fully saturated rings. The predicted octanol–water partition coefficient (Wildman–Crippen LogP) is 2.53. The van der Waals surface area contributed by atoms with Crippen LogP contribution in [0.4, 0.5) is 0 Å². The molecule has 0 spiro atoms. The third-order valence-corrected chi connectivity index (χ3v) is 2.43. The monoisotopic (exact) mass is 259 g/mol. The van der Waals surface area contributed by atoms with Gasteiger partial charge in [0.25, 0.3) is 5.91 Å². The Morgan fingerprint density at radius 2 is 2.43 bits per heavy atom. The SMILES string of the molecule is CC(Br)CCN(C)C(=O)c1ccoc1. The van der Waals surface area contributed by atoms with Crippen molar-refractivity contribution in [3.8, 4) is 0 Å². The summed E-state index contributed by atoms with van der Waals surface area (Å²) in [5.74, 6) is 0.00639. The molecule has 0 bridgehead atoms. The first-order chi connectivity index (χ1) is 6.61. The van der Waals surface area contributed by atoms with E-state index in [0.29, 0.717) is 10.4 Å². The average Bonchev–Trinajstić information content (AvgIpc) is 2.65. The maximum absolute atomic E-state index is 11.7. The summed E-state index contributed by atoms with van der Waals surface area (Å²) in [7, 11) is 1.80.